The van der Waals surface area contributed by atoms with Gasteiger partial charge in [0.15, 0.2) is 15.6 Å². The van der Waals surface area contributed by atoms with Crippen LogP contribution in [-0.2, 0) is 22.1 Å². The SMILES string of the molecule is CC(=O)c1c(-c2ccccc2)c2cc(Br)ccc2c(=O)n1Cc1ccc(CS(C)(=O)=O)cc1. The quantitative estimate of drug-likeness (QED) is 0.324. The molecule has 33 heavy (non-hydrogen) atoms. The number of benzene rings is 3. The first-order valence-electron chi connectivity index (χ1n) is 10.3. The van der Waals surface area contributed by atoms with Gasteiger partial charge in [-0.1, -0.05) is 70.5 Å². The van der Waals surface area contributed by atoms with Gasteiger partial charge in [-0.05, 0) is 40.3 Å². The Morgan fingerprint density at radius 3 is 2.15 bits per heavy atom. The number of nitrogens with zero attached hydrogens (tertiary/aromatic N) is 1. The van der Waals surface area contributed by atoms with Crippen molar-refractivity contribution < 1.29 is 13.2 Å². The van der Waals surface area contributed by atoms with Crippen molar-refractivity contribution >= 4 is 42.3 Å². The highest BCUT2D eigenvalue weighted by molar-refractivity contribution is 9.10. The predicted molar refractivity (Wildman–Crippen MR) is 135 cm³/mol. The van der Waals surface area contributed by atoms with Crippen LogP contribution in [0.25, 0.3) is 21.9 Å². The molecule has 0 saturated carbocycles. The smallest absolute Gasteiger partial charge is 0.259 e. The second-order valence-corrected chi connectivity index (χ2v) is 11.2. The van der Waals surface area contributed by atoms with E-state index in [1.165, 1.54) is 17.7 Å². The third kappa shape index (κ3) is 4.99. The van der Waals surface area contributed by atoms with Crippen molar-refractivity contribution in [3.63, 3.8) is 0 Å². The van der Waals surface area contributed by atoms with E-state index in [1.807, 2.05) is 42.5 Å². The zero-order valence-electron chi connectivity index (χ0n) is 18.2. The van der Waals surface area contributed by atoms with Crippen LogP contribution in [0, 0.1) is 0 Å². The van der Waals surface area contributed by atoms with Crippen LogP contribution in [0.4, 0.5) is 0 Å². The van der Waals surface area contributed by atoms with Gasteiger partial charge in [-0.3, -0.25) is 14.2 Å². The van der Waals surface area contributed by atoms with Crippen molar-refractivity contribution in [2.24, 2.45) is 0 Å². The Balaban J connectivity index is 1.94. The van der Waals surface area contributed by atoms with Crippen LogP contribution in [0.2, 0.25) is 0 Å². The highest BCUT2D eigenvalue weighted by Gasteiger charge is 2.21. The molecule has 0 atom stereocenters. The summed E-state index contributed by atoms with van der Waals surface area (Å²) in [4.78, 5) is 26.4. The molecule has 0 aliphatic rings. The van der Waals surface area contributed by atoms with E-state index in [2.05, 4.69) is 15.9 Å². The molecule has 4 rings (SSSR count). The number of aromatic nitrogens is 1. The van der Waals surface area contributed by atoms with Crippen molar-refractivity contribution in [1.29, 1.82) is 0 Å². The largest absolute Gasteiger partial charge is 0.300 e. The van der Waals surface area contributed by atoms with E-state index in [1.54, 1.807) is 30.3 Å². The van der Waals surface area contributed by atoms with Crippen molar-refractivity contribution in [3.8, 4) is 11.1 Å². The molecule has 0 saturated heterocycles. The van der Waals surface area contributed by atoms with Gasteiger partial charge in [-0.15, -0.1) is 0 Å². The molecule has 7 heteroatoms. The highest BCUT2D eigenvalue weighted by Crippen LogP contribution is 2.33. The van der Waals surface area contributed by atoms with Crippen molar-refractivity contribution in [3.05, 3.63) is 104 Å². The van der Waals surface area contributed by atoms with Crippen LogP contribution in [0.3, 0.4) is 0 Å². The third-order valence-corrected chi connectivity index (χ3v) is 6.77. The second kappa shape index (κ2) is 9.08. The fourth-order valence-corrected chi connectivity index (χ4v) is 5.22. The predicted octanol–water partition coefficient (Wildman–Crippen LogP) is 5.23. The molecule has 0 aliphatic heterocycles. The summed E-state index contributed by atoms with van der Waals surface area (Å²) in [6.07, 6.45) is 1.19. The molecule has 168 valence electrons. The van der Waals surface area contributed by atoms with E-state index in [-0.39, 0.29) is 23.6 Å². The number of ketones is 1. The number of carbonyl (C=O) groups excluding carboxylic acids is 1. The molecular weight excluding hydrogens is 502 g/mol. The minimum absolute atomic E-state index is 0.0467. The third-order valence-electron chi connectivity index (χ3n) is 5.42. The number of carbonyl (C=O) groups is 1. The van der Waals surface area contributed by atoms with Gasteiger partial charge in [-0.2, -0.15) is 0 Å². The lowest BCUT2D eigenvalue weighted by Gasteiger charge is -2.19. The summed E-state index contributed by atoms with van der Waals surface area (Å²) >= 11 is 3.49. The Bertz CT molecular complexity index is 1520. The maximum Gasteiger partial charge on any atom is 0.259 e. The van der Waals surface area contributed by atoms with E-state index in [0.29, 0.717) is 27.6 Å². The van der Waals surface area contributed by atoms with Gasteiger partial charge in [0, 0.05) is 28.6 Å². The Labute approximate surface area is 200 Å². The molecule has 0 unspecified atom stereocenters. The molecule has 0 bridgehead atoms. The minimum Gasteiger partial charge on any atom is -0.300 e. The summed E-state index contributed by atoms with van der Waals surface area (Å²) in [6.45, 7) is 1.66. The van der Waals surface area contributed by atoms with Crippen LogP contribution in [-0.4, -0.2) is 25.0 Å². The average Bonchev–Trinajstić information content (AvgIpc) is 2.76. The second-order valence-electron chi connectivity index (χ2n) is 8.11. The molecule has 3 aromatic carbocycles. The van der Waals surface area contributed by atoms with E-state index in [0.717, 1.165) is 15.6 Å². The molecule has 0 amide bonds. The number of fused-ring (bicyclic) bond motifs is 1. The number of pyridine rings is 1. The number of halogens is 1. The summed E-state index contributed by atoms with van der Waals surface area (Å²) in [5.41, 5.74) is 3.14. The van der Waals surface area contributed by atoms with Crippen LogP contribution < -0.4 is 5.56 Å². The van der Waals surface area contributed by atoms with E-state index < -0.39 is 9.84 Å². The van der Waals surface area contributed by atoms with Gasteiger partial charge in [0.1, 0.15) is 0 Å². The number of sulfone groups is 1. The molecule has 4 aromatic rings. The molecule has 1 heterocycles. The monoisotopic (exact) mass is 523 g/mol. The maximum absolute atomic E-state index is 13.5. The summed E-state index contributed by atoms with van der Waals surface area (Å²) in [5, 5.41) is 1.24. The Kier molecular flexibility index (Phi) is 6.36. The van der Waals surface area contributed by atoms with Crippen molar-refractivity contribution in [2.75, 3.05) is 6.26 Å². The fourth-order valence-electron chi connectivity index (χ4n) is 4.06. The normalized spacial score (nSPS) is 11.6. The van der Waals surface area contributed by atoms with E-state index in [9.17, 15) is 18.0 Å². The Morgan fingerprint density at radius 1 is 0.909 bits per heavy atom. The zero-order valence-corrected chi connectivity index (χ0v) is 20.6. The molecule has 0 aliphatic carbocycles. The fraction of sp³-hybridized carbons (Fsp3) is 0.154. The maximum atomic E-state index is 13.5. The van der Waals surface area contributed by atoms with E-state index >= 15 is 0 Å². The first kappa shape index (κ1) is 23.1. The minimum atomic E-state index is -3.14. The Morgan fingerprint density at radius 2 is 1.55 bits per heavy atom. The standard InChI is InChI=1S/C26H22BrNO4S/c1-17(29)25-24(20-6-4-3-5-7-20)23-14-21(27)12-13-22(23)26(30)28(25)15-18-8-10-19(11-9-18)16-33(2,31)32/h3-14H,15-16H2,1-2H3. The molecule has 0 N–H and O–H groups in total. The van der Waals surface area contributed by atoms with Gasteiger partial charge in [0.2, 0.25) is 0 Å². The first-order valence-corrected chi connectivity index (χ1v) is 13.2. The summed E-state index contributed by atoms with van der Waals surface area (Å²) in [6, 6.07) is 22.1. The van der Waals surface area contributed by atoms with Gasteiger partial charge in [-0.25, -0.2) is 8.42 Å². The number of hydrogen-bond acceptors (Lipinski definition) is 4. The van der Waals surface area contributed by atoms with Crippen LogP contribution >= 0.6 is 15.9 Å². The molecule has 5 nitrogen and oxygen atoms in total. The van der Waals surface area contributed by atoms with Crippen molar-refractivity contribution in [2.45, 2.75) is 19.2 Å². The molecule has 1 aromatic heterocycles. The number of rotatable bonds is 6. The van der Waals surface area contributed by atoms with Crippen molar-refractivity contribution in [1.82, 2.24) is 4.57 Å². The molecule has 0 fully saturated rings. The molecular formula is C26H22BrNO4S. The summed E-state index contributed by atoms with van der Waals surface area (Å²) in [7, 11) is -3.14. The van der Waals surface area contributed by atoms with Gasteiger partial charge >= 0.3 is 0 Å². The van der Waals surface area contributed by atoms with Gasteiger partial charge in [0.05, 0.1) is 18.0 Å². The van der Waals surface area contributed by atoms with Crippen LogP contribution in [0.15, 0.2) is 82.1 Å². The topological polar surface area (TPSA) is 73.2 Å². The summed E-state index contributed by atoms with van der Waals surface area (Å²) < 4.78 is 25.5. The highest BCUT2D eigenvalue weighted by atomic mass is 79.9. The van der Waals surface area contributed by atoms with Crippen LogP contribution in [0.1, 0.15) is 28.5 Å². The van der Waals surface area contributed by atoms with Crippen LogP contribution in [0.5, 0.6) is 0 Å². The van der Waals surface area contributed by atoms with E-state index in [4.69, 9.17) is 0 Å². The van der Waals surface area contributed by atoms with Gasteiger partial charge in [0.25, 0.3) is 5.56 Å². The Hall–Kier alpha value is -3.03. The summed E-state index contributed by atoms with van der Waals surface area (Å²) in [5.74, 6) is -0.254. The lowest BCUT2D eigenvalue weighted by atomic mass is 9.95. The number of hydrogen-bond donors (Lipinski definition) is 0. The zero-order chi connectivity index (χ0) is 23.8. The van der Waals surface area contributed by atoms with Gasteiger partial charge < -0.3 is 0 Å². The average molecular weight is 524 g/mol. The number of Topliss-reactive ketones (excluding diaryl/α,β-unsaturated/α-hetero) is 1. The molecule has 0 spiro atoms. The first-order chi connectivity index (χ1) is 15.6. The lowest BCUT2D eigenvalue weighted by molar-refractivity contribution is 0.100. The lowest BCUT2D eigenvalue weighted by Crippen LogP contribution is -2.27. The molecule has 0 radical (unpaired) electrons.